The number of rotatable bonds is 6. The number of aliphatic hydroxyl groups is 1. The Kier molecular flexibility index (Phi) is 6.63. The second kappa shape index (κ2) is 6.66. The fraction of sp³-hybridized carbons (Fsp3) is 1.00. The molecule has 1 heteroatoms. The Bertz CT molecular complexity index is 74.9. The molecule has 0 fully saturated rings. The zero-order chi connectivity index (χ0) is 8.69. The van der Waals surface area contributed by atoms with E-state index in [2.05, 4.69) is 20.8 Å². The molecule has 1 unspecified atom stereocenters. The van der Waals surface area contributed by atoms with Gasteiger partial charge in [0.25, 0.3) is 0 Å². The molecule has 11 heavy (non-hydrogen) atoms. The van der Waals surface area contributed by atoms with Crippen molar-refractivity contribution in [2.45, 2.75) is 59.0 Å². The van der Waals surface area contributed by atoms with Gasteiger partial charge < -0.3 is 5.11 Å². The molecule has 0 heterocycles. The maximum atomic E-state index is 9.58. The SMILES string of the molecule is CCCC(CCC)C(O)CC. The van der Waals surface area contributed by atoms with Gasteiger partial charge in [-0.25, -0.2) is 0 Å². The number of hydrogen-bond acceptors (Lipinski definition) is 1. The van der Waals surface area contributed by atoms with Crippen molar-refractivity contribution in [2.75, 3.05) is 0 Å². The maximum Gasteiger partial charge on any atom is 0.0565 e. The van der Waals surface area contributed by atoms with Crippen LogP contribution in [-0.2, 0) is 0 Å². The molecule has 0 rings (SSSR count). The van der Waals surface area contributed by atoms with Crippen LogP contribution >= 0.6 is 0 Å². The Balaban J connectivity index is 3.66. The quantitative estimate of drug-likeness (QED) is 0.630. The molecule has 0 aromatic carbocycles. The minimum Gasteiger partial charge on any atom is -0.393 e. The number of aliphatic hydroxyl groups excluding tert-OH is 1. The molecule has 0 aromatic heterocycles. The molecular formula is C10H22O. The summed E-state index contributed by atoms with van der Waals surface area (Å²) < 4.78 is 0. The number of hydrogen-bond donors (Lipinski definition) is 1. The highest BCUT2D eigenvalue weighted by molar-refractivity contribution is 4.66. The van der Waals surface area contributed by atoms with E-state index < -0.39 is 0 Å². The summed E-state index contributed by atoms with van der Waals surface area (Å²) in [7, 11) is 0. The van der Waals surface area contributed by atoms with Crippen LogP contribution in [0.5, 0.6) is 0 Å². The standard InChI is InChI=1S/C10H22O/c1-4-7-9(8-5-2)10(11)6-3/h9-11H,4-8H2,1-3H3. The highest BCUT2D eigenvalue weighted by Gasteiger charge is 2.14. The first kappa shape index (κ1) is 11.0. The topological polar surface area (TPSA) is 20.2 Å². The molecule has 0 amide bonds. The van der Waals surface area contributed by atoms with Gasteiger partial charge in [-0.05, 0) is 25.2 Å². The molecule has 0 radical (unpaired) electrons. The fourth-order valence-corrected chi connectivity index (χ4v) is 1.60. The van der Waals surface area contributed by atoms with Crippen molar-refractivity contribution >= 4 is 0 Å². The predicted octanol–water partition coefficient (Wildman–Crippen LogP) is 2.97. The van der Waals surface area contributed by atoms with Crippen molar-refractivity contribution < 1.29 is 5.11 Å². The van der Waals surface area contributed by atoms with Crippen LogP contribution in [0.15, 0.2) is 0 Å². The minimum absolute atomic E-state index is 0.0603. The van der Waals surface area contributed by atoms with Crippen molar-refractivity contribution in [3.8, 4) is 0 Å². The molecular weight excluding hydrogens is 136 g/mol. The first-order valence-corrected chi connectivity index (χ1v) is 4.94. The molecule has 0 saturated carbocycles. The van der Waals surface area contributed by atoms with E-state index >= 15 is 0 Å². The van der Waals surface area contributed by atoms with Crippen LogP contribution in [0.4, 0.5) is 0 Å². The molecule has 0 aliphatic rings. The van der Waals surface area contributed by atoms with E-state index in [1.54, 1.807) is 0 Å². The molecule has 0 aliphatic heterocycles. The highest BCUT2D eigenvalue weighted by Crippen LogP contribution is 2.19. The zero-order valence-electron chi connectivity index (χ0n) is 8.14. The van der Waals surface area contributed by atoms with Gasteiger partial charge in [0.05, 0.1) is 6.10 Å². The third kappa shape index (κ3) is 4.41. The van der Waals surface area contributed by atoms with Crippen LogP contribution < -0.4 is 0 Å². The van der Waals surface area contributed by atoms with Crippen molar-refractivity contribution in [3.05, 3.63) is 0 Å². The lowest BCUT2D eigenvalue weighted by Crippen LogP contribution is -2.19. The average Bonchev–Trinajstić information content (AvgIpc) is 2.03. The Morgan fingerprint density at radius 1 is 1.00 bits per heavy atom. The van der Waals surface area contributed by atoms with Gasteiger partial charge in [-0.3, -0.25) is 0 Å². The average molecular weight is 158 g/mol. The van der Waals surface area contributed by atoms with Crippen molar-refractivity contribution in [2.24, 2.45) is 5.92 Å². The molecule has 0 aliphatic carbocycles. The second-order valence-electron chi connectivity index (χ2n) is 3.31. The monoisotopic (exact) mass is 158 g/mol. The maximum absolute atomic E-state index is 9.58. The summed E-state index contributed by atoms with van der Waals surface area (Å²) >= 11 is 0. The molecule has 0 spiro atoms. The zero-order valence-corrected chi connectivity index (χ0v) is 8.14. The van der Waals surface area contributed by atoms with E-state index in [1.165, 1.54) is 25.7 Å². The smallest absolute Gasteiger partial charge is 0.0565 e. The molecule has 0 aromatic rings. The Hall–Kier alpha value is -0.0400. The van der Waals surface area contributed by atoms with Gasteiger partial charge >= 0.3 is 0 Å². The molecule has 1 N–H and O–H groups in total. The summed E-state index contributed by atoms with van der Waals surface area (Å²) in [6, 6.07) is 0. The first-order valence-electron chi connectivity index (χ1n) is 4.94. The lowest BCUT2D eigenvalue weighted by atomic mass is 9.91. The van der Waals surface area contributed by atoms with Crippen LogP contribution in [0.3, 0.4) is 0 Å². The summed E-state index contributed by atoms with van der Waals surface area (Å²) in [6.45, 7) is 6.43. The normalized spacial score (nSPS) is 13.9. The Morgan fingerprint density at radius 3 is 1.73 bits per heavy atom. The molecule has 1 atom stereocenters. The van der Waals surface area contributed by atoms with E-state index in [1.807, 2.05) is 0 Å². The van der Waals surface area contributed by atoms with E-state index in [4.69, 9.17) is 0 Å². The lowest BCUT2D eigenvalue weighted by molar-refractivity contribution is 0.0926. The van der Waals surface area contributed by atoms with Gasteiger partial charge in [-0.2, -0.15) is 0 Å². The van der Waals surface area contributed by atoms with Crippen LogP contribution in [0.25, 0.3) is 0 Å². The van der Waals surface area contributed by atoms with Crippen LogP contribution in [0, 0.1) is 5.92 Å². The van der Waals surface area contributed by atoms with Gasteiger partial charge in [-0.15, -0.1) is 0 Å². The van der Waals surface area contributed by atoms with Crippen molar-refractivity contribution in [3.63, 3.8) is 0 Å². The minimum atomic E-state index is -0.0603. The predicted molar refractivity (Wildman–Crippen MR) is 49.6 cm³/mol. The van der Waals surface area contributed by atoms with Crippen molar-refractivity contribution in [1.82, 2.24) is 0 Å². The highest BCUT2D eigenvalue weighted by atomic mass is 16.3. The van der Waals surface area contributed by atoms with Crippen LogP contribution in [0.1, 0.15) is 52.9 Å². The summed E-state index contributed by atoms with van der Waals surface area (Å²) in [4.78, 5) is 0. The largest absolute Gasteiger partial charge is 0.393 e. The van der Waals surface area contributed by atoms with E-state index in [-0.39, 0.29) is 6.10 Å². The summed E-state index contributed by atoms with van der Waals surface area (Å²) in [6.07, 6.45) is 5.61. The molecule has 0 saturated heterocycles. The van der Waals surface area contributed by atoms with Gasteiger partial charge in [0.15, 0.2) is 0 Å². The van der Waals surface area contributed by atoms with Crippen LogP contribution in [-0.4, -0.2) is 11.2 Å². The Labute approximate surface area is 70.8 Å². The lowest BCUT2D eigenvalue weighted by Gasteiger charge is -2.20. The summed E-state index contributed by atoms with van der Waals surface area (Å²) in [5.41, 5.74) is 0. The van der Waals surface area contributed by atoms with E-state index in [0.29, 0.717) is 5.92 Å². The molecule has 0 bridgehead atoms. The van der Waals surface area contributed by atoms with E-state index in [9.17, 15) is 5.11 Å². The Morgan fingerprint density at radius 2 is 1.45 bits per heavy atom. The van der Waals surface area contributed by atoms with Gasteiger partial charge in [0.2, 0.25) is 0 Å². The summed E-state index contributed by atoms with van der Waals surface area (Å²) in [5, 5.41) is 9.58. The second-order valence-corrected chi connectivity index (χ2v) is 3.31. The van der Waals surface area contributed by atoms with Gasteiger partial charge in [0.1, 0.15) is 0 Å². The third-order valence-electron chi connectivity index (χ3n) is 2.28. The van der Waals surface area contributed by atoms with Gasteiger partial charge in [-0.1, -0.05) is 33.6 Å². The summed E-state index contributed by atoms with van der Waals surface area (Å²) in [5.74, 6) is 0.551. The van der Waals surface area contributed by atoms with Crippen LogP contribution in [0.2, 0.25) is 0 Å². The van der Waals surface area contributed by atoms with Crippen molar-refractivity contribution in [1.29, 1.82) is 0 Å². The molecule has 68 valence electrons. The first-order chi connectivity index (χ1) is 5.26. The fourth-order valence-electron chi connectivity index (χ4n) is 1.60. The molecule has 1 nitrogen and oxygen atoms in total. The van der Waals surface area contributed by atoms with Gasteiger partial charge in [0, 0.05) is 0 Å². The third-order valence-corrected chi connectivity index (χ3v) is 2.28. The van der Waals surface area contributed by atoms with E-state index in [0.717, 1.165) is 6.42 Å².